The predicted molar refractivity (Wildman–Crippen MR) is 113 cm³/mol. The molecule has 0 spiro atoms. The van der Waals surface area contributed by atoms with Gasteiger partial charge < -0.3 is 19.7 Å². The van der Waals surface area contributed by atoms with Gasteiger partial charge in [-0.25, -0.2) is 0 Å². The van der Waals surface area contributed by atoms with Crippen LogP contribution in [0.3, 0.4) is 0 Å². The molecule has 5 aliphatic rings. The summed E-state index contributed by atoms with van der Waals surface area (Å²) in [6.07, 6.45) is 8.28. The Balaban J connectivity index is 1.56. The maximum atomic E-state index is 13.2. The van der Waals surface area contributed by atoms with Crippen LogP contribution in [0.25, 0.3) is 0 Å². The number of allylic oxidation sites excluding steroid dienone is 4. The fraction of sp³-hybridized carbons (Fsp3) is 0.760. The maximum absolute atomic E-state index is 13.2. The molecule has 4 aliphatic carbocycles. The van der Waals surface area contributed by atoms with Crippen molar-refractivity contribution in [2.75, 3.05) is 6.61 Å². The van der Waals surface area contributed by atoms with Crippen LogP contribution >= 0.6 is 0 Å². The molecule has 3 fully saturated rings. The Hall–Kier alpha value is -1.34. The first kappa shape index (κ1) is 21.5. The van der Waals surface area contributed by atoms with E-state index >= 15 is 0 Å². The molecule has 0 bridgehead atoms. The number of rotatable bonds is 4. The van der Waals surface area contributed by atoms with E-state index in [2.05, 4.69) is 26.8 Å². The molecule has 0 aromatic rings. The molecule has 0 radical (unpaired) electrons. The van der Waals surface area contributed by atoms with E-state index in [0.717, 1.165) is 18.4 Å². The summed E-state index contributed by atoms with van der Waals surface area (Å²) in [5.74, 6) is 0.0642. The summed E-state index contributed by atoms with van der Waals surface area (Å²) in [6, 6.07) is 0. The second kappa shape index (κ2) is 7.08. The summed E-state index contributed by atoms with van der Waals surface area (Å²) in [6.45, 7) is 5.66. The van der Waals surface area contributed by atoms with E-state index in [4.69, 9.17) is 9.47 Å². The molecule has 170 valence electrons. The SMILES string of the molecule is CCCC1OC2CC3C4CC=C5CC(=O)C=CC5(C)C4C(O)CC3(C)C2(C(=O)CO)O1. The number of carbonyl (C=O) groups excluding carboxylic acids is 2. The third-order valence-electron chi connectivity index (χ3n) is 9.33. The first-order valence-corrected chi connectivity index (χ1v) is 11.8. The van der Waals surface area contributed by atoms with Gasteiger partial charge in [0.2, 0.25) is 0 Å². The number of ether oxygens (including phenoxy) is 2. The Morgan fingerprint density at radius 1 is 1.32 bits per heavy atom. The summed E-state index contributed by atoms with van der Waals surface area (Å²) in [5.41, 5.74) is -1.06. The molecule has 0 aromatic heterocycles. The van der Waals surface area contributed by atoms with Crippen molar-refractivity contribution in [3.63, 3.8) is 0 Å². The molecule has 2 N–H and O–H groups in total. The zero-order valence-corrected chi connectivity index (χ0v) is 18.7. The minimum absolute atomic E-state index is 0.0125. The molecule has 31 heavy (non-hydrogen) atoms. The standard InChI is InChI=1S/C25H34O6/c1-4-5-21-30-20-11-17-16-7-6-14-10-15(27)8-9-23(14,2)22(16)18(28)12-24(17,3)25(20,31-21)19(29)13-26/h6,8-9,16-18,20-22,26,28H,4-5,7,10-13H2,1-3H3. The van der Waals surface area contributed by atoms with Crippen molar-refractivity contribution in [1.29, 1.82) is 0 Å². The van der Waals surface area contributed by atoms with E-state index in [9.17, 15) is 19.8 Å². The second-order valence-electron chi connectivity index (χ2n) is 10.7. The Labute approximate surface area is 183 Å². The van der Waals surface area contributed by atoms with E-state index in [-0.39, 0.29) is 34.7 Å². The van der Waals surface area contributed by atoms with Gasteiger partial charge in [-0.2, -0.15) is 0 Å². The van der Waals surface area contributed by atoms with Crippen LogP contribution in [0.15, 0.2) is 23.8 Å². The summed E-state index contributed by atoms with van der Waals surface area (Å²) >= 11 is 0. The van der Waals surface area contributed by atoms with E-state index in [1.807, 2.05) is 6.08 Å². The van der Waals surface area contributed by atoms with Crippen molar-refractivity contribution in [1.82, 2.24) is 0 Å². The van der Waals surface area contributed by atoms with Gasteiger partial charge in [0.05, 0.1) is 12.2 Å². The van der Waals surface area contributed by atoms with E-state index in [1.165, 1.54) is 0 Å². The van der Waals surface area contributed by atoms with Crippen molar-refractivity contribution in [2.24, 2.45) is 28.6 Å². The zero-order valence-electron chi connectivity index (χ0n) is 18.7. The van der Waals surface area contributed by atoms with Crippen LogP contribution in [-0.4, -0.2) is 52.5 Å². The Kier molecular flexibility index (Phi) is 4.91. The van der Waals surface area contributed by atoms with Crippen LogP contribution in [0.2, 0.25) is 0 Å². The summed E-state index contributed by atoms with van der Waals surface area (Å²) in [5, 5.41) is 21.4. The average molecular weight is 431 g/mol. The lowest BCUT2D eigenvalue weighted by Gasteiger charge is -2.59. The molecule has 9 unspecified atom stereocenters. The molecule has 1 saturated heterocycles. The number of aliphatic hydroxyl groups is 2. The Bertz CT molecular complexity index is 862. The van der Waals surface area contributed by atoms with Crippen molar-refractivity contribution in [3.05, 3.63) is 23.8 Å². The van der Waals surface area contributed by atoms with E-state index in [0.29, 0.717) is 25.7 Å². The van der Waals surface area contributed by atoms with Crippen LogP contribution in [0.5, 0.6) is 0 Å². The third kappa shape index (κ3) is 2.65. The first-order chi connectivity index (χ1) is 14.7. The molecule has 0 amide bonds. The minimum Gasteiger partial charge on any atom is -0.393 e. The maximum Gasteiger partial charge on any atom is 0.193 e. The third-order valence-corrected chi connectivity index (χ3v) is 9.33. The topological polar surface area (TPSA) is 93.1 Å². The molecule has 2 saturated carbocycles. The van der Waals surface area contributed by atoms with Crippen LogP contribution in [-0.2, 0) is 19.1 Å². The highest BCUT2D eigenvalue weighted by Crippen LogP contribution is 2.69. The van der Waals surface area contributed by atoms with Gasteiger partial charge in [-0.05, 0) is 43.6 Å². The van der Waals surface area contributed by atoms with Gasteiger partial charge in [-0.3, -0.25) is 9.59 Å². The molecule has 5 rings (SSSR count). The Morgan fingerprint density at radius 2 is 2.10 bits per heavy atom. The van der Waals surface area contributed by atoms with Gasteiger partial charge in [0.1, 0.15) is 6.61 Å². The van der Waals surface area contributed by atoms with Crippen LogP contribution in [0.4, 0.5) is 0 Å². The number of hydrogen-bond donors (Lipinski definition) is 2. The smallest absolute Gasteiger partial charge is 0.193 e. The molecule has 1 heterocycles. The molecular weight excluding hydrogens is 396 g/mol. The van der Waals surface area contributed by atoms with Crippen LogP contribution in [0, 0.1) is 28.6 Å². The number of Topliss-reactive ketones (excluding diaryl/α,β-unsaturated/α-hetero) is 1. The molecule has 0 aromatic carbocycles. The van der Waals surface area contributed by atoms with E-state index in [1.54, 1.807) is 6.08 Å². The summed E-state index contributed by atoms with van der Waals surface area (Å²) in [7, 11) is 0. The second-order valence-corrected chi connectivity index (χ2v) is 10.7. The molecule has 9 atom stereocenters. The normalized spacial score (nSPS) is 50.4. The van der Waals surface area contributed by atoms with Crippen LogP contribution in [0.1, 0.15) is 59.3 Å². The monoisotopic (exact) mass is 430 g/mol. The number of carbonyl (C=O) groups is 2. The number of fused-ring (bicyclic) bond motifs is 7. The van der Waals surface area contributed by atoms with Crippen molar-refractivity contribution in [2.45, 2.75) is 83.4 Å². The van der Waals surface area contributed by atoms with Crippen molar-refractivity contribution >= 4 is 11.6 Å². The van der Waals surface area contributed by atoms with Gasteiger partial charge in [0.15, 0.2) is 23.5 Å². The minimum atomic E-state index is -1.21. The van der Waals surface area contributed by atoms with Crippen LogP contribution < -0.4 is 0 Å². The fourth-order valence-corrected chi connectivity index (χ4v) is 8.03. The van der Waals surface area contributed by atoms with E-state index < -0.39 is 36.1 Å². The number of ketones is 2. The summed E-state index contributed by atoms with van der Waals surface area (Å²) < 4.78 is 12.7. The highest BCUT2D eigenvalue weighted by atomic mass is 16.7. The number of aliphatic hydroxyl groups excluding tert-OH is 2. The molecular formula is C25H34O6. The lowest BCUT2D eigenvalue weighted by molar-refractivity contribution is -0.198. The first-order valence-electron chi connectivity index (χ1n) is 11.8. The molecule has 6 nitrogen and oxygen atoms in total. The van der Waals surface area contributed by atoms with Crippen molar-refractivity contribution in [3.8, 4) is 0 Å². The zero-order chi connectivity index (χ0) is 22.2. The lowest BCUT2D eigenvalue weighted by atomic mass is 9.47. The predicted octanol–water partition coefficient (Wildman–Crippen LogP) is 2.72. The fourth-order valence-electron chi connectivity index (χ4n) is 8.03. The quantitative estimate of drug-likeness (QED) is 0.666. The highest BCUT2D eigenvalue weighted by Gasteiger charge is 2.75. The summed E-state index contributed by atoms with van der Waals surface area (Å²) in [4.78, 5) is 25.2. The van der Waals surface area contributed by atoms with Gasteiger partial charge in [-0.1, -0.05) is 44.9 Å². The highest BCUT2D eigenvalue weighted by molar-refractivity contribution is 5.93. The average Bonchev–Trinajstić information content (AvgIpc) is 3.20. The Morgan fingerprint density at radius 3 is 2.81 bits per heavy atom. The van der Waals surface area contributed by atoms with Gasteiger partial charge >= 0.3 is 0 Å². The van der Waals surface area contributed by atoms with Crippen molar-refractivity contribution < 1.29 is 29.3 Å². The largest absolute Gasteiger partial charge is 0.393 e. The molecule has 6 heteroatoms. The van der Waals surface area contributed by atoms with Gasteiger partial charge in [0, 0.05) is 23.2 Å². The lowest BCUT2D eigenvalue weighted by Crippen LogP contribution is -2.63. The number of hydrogen-bond acceptors (Lipinski definition) is 6. The van der Waals surface area contributed by atoms with Gasteiger partial charge in [-0.15, -0.1) is 0 Å². The van der Waals surface area contributed by atoms with Gasteiger partial charge in [0.25, 0.3) is 0 Å². The molecule has 1 aliphatic heterocycles.